The summed E-state index contributed by atoms with van der Waals surface area (Å²) in [7, 11) is -2.09. The molecule has 100 valence electrons. The van der Waals surface area contributed by atoms with Crippen LogP contribution in [0.4, 0.5) is 0 Å². The summed E-state index contributed by atoms with van der Waals surface area (Å²) in [6, 6.07) is 5.18. The Kier molecular flexibility index (Phi) is 4.69. The molecule has 1 aromatic rings. The van der Waals surface area contributed by atoms with Crippen molar-refractivity contribution in [3.8, 4) is 5.75 Å². The van der Waals surface area contributed by atoms with Crippen LogP contribution < -0.4 is 10.5 Å². The predicted octanol–water partition coefficient (Wildman–Crippen LogP) is 0.0219. The van der Waals surface area contributed by atoms with Gasteiger partial charge in [-0.3, -0.25) is 4.79 Å². The highest BCUT2D eigenvalue weighted by Crippen LogP contribution is 2.15. The summed E-state index contributed by atoms with van der Waals surface area (Å²) in [5.74, 6) is -1.63. The lowest BCUT2D eigenvalue weighted by atomic mass is 10.2. The fourth-order valence-electron chi connectivity index (χ4n) is 1.42. The number of aliphatic carboxylic acids is 1. The number of methoxy groups -OCH3 is 1. The van der Waals surface area contributed by atoms with Crippen LogP contribution in [0.3, 0.4) is 0 Å². The molecule has 3 N–H and O–H groups in total. The minimum atomic E-state index is -3.57. The van der Waals surface area contributed by atoms with Crippen LogP contribution >= 0.6 is 0 Å². The summed E-state index contributed by atoms with van der Waals surface area (Å²) in [6.07, 6.45) is 0. The van der Waals surface area contributed by atoms with Crippen molar-refractivity contribution in [1.29, 1.82) is 0 Å². The molecule has 0 bridgehead atoms. The Morgan fingerprint density at radius 1 is 1.50 bits per heavy atom. The normalized spacial score (nSPS) is 13.0. The molecule has 1 rings (SSSR count). The molecule has 0 radical (unpaired) electrons. The molecule has 18 heavy (non-hydrogen) atoms. The lowest BCUT2D eigenvalue weighted by Crippen LogP contribution is -2.37. The molecular weight excluding hydrogens is 258 g/mol. The number of hydrogen-bond acceptors (Lipinski definition) is 5. The topological polar surface area (TPSA) is 107 Å². The average Bonchev–Trinajstić information content (AvgIpc) is 2.27. The number of nitrogens with two attached hydrogens (primary N) is 1. The zero-order valence-electron chi connectivity index (χ0n) is 9.87. The van der Waals surface area contributed by atoms with Gasteiger partial charge in [-0.05, 0) is 17.7 Å². The van der Waals surface area contributed by atoms with Crippen LogP contribution in [0, 0.1) is 0 Å². The minimum Gasteiger partial charge on any atom is -0.497 e. The molecule has 0 heterocycles. The maximum atomic E-state index is 11.7. The van der Waals surface area contributed by atoms with E-state index in [4.69, 9.17) is 15.6 Å². The van der Waals surface area contributed by atoms with E-state index in [0.717, 1.165) is 0 Å². The molecule has 6 nitrogen and oxygen atoms in total. The van der Waals surface area contributed by atoms with Crippen molar-refractivity contribution in [2.75, 3.05) is 12.9 Å². The Labute approximate surface area is 105 Å². The maximum Gasteiger partial charge on any atom is 0.321 e. The smallest absolute Gasteiger partial charge is 0.321 e. The first-order valence-corrected chi connectivity index (χ1v) is 6.98. The van der Waals surface area contributed by atoms with E-state index in [-0.39, 0.29) is 5.75 Å². The molecule has 0 aromatic heterocycles. The van der Waals surface area contributed by atoms with Crippen molar-refractivity contribution in [2.45, 2.75) is 11.8 Å². The van der Waals surface area contributed by atoms with Crippen LogP contribution in [0.25, 0.3) is 0 Å². The van der Waals surface area contributed by atoms with Crippen molar-refractivity contribution in [1.82, 2.24) is 0 Å². The summed E-state index contributed by atoms with van der Waals surface area (Å²) in [4.78, 5) is 10.5. The molecule has 0 fully saturated rings. The summed E-state index contributed by atoms with van der Waals surface area (Å²) in [6.45, 7) is 0. The van der Waals surface area contributed by atoms with Gasteiger partial charge in [-0.25, -0.2) is 8.42 Å². The largest absolute Gasteiger partial charge is 0.497 e. The number of benzene rings is 1. The van der Waals surface area contributed by atoms with Crippen LogP contribution in [0.2, 0.25) is 0 Å². The summed E-state index contributed by atoms with van der Waals surface area (Å²) >= 11 is 0. The number of ether oxygens (including phenoxy) is 1. The molecule has 0 spiro atoms. The van der Waals surface area contributed by atoms with E-state index in [0.29, 0.717) is 11.3 Å². The Morgan fingerprint density at radius 2 is 2.17 bits per heavy atom. The van der Waals surface area contributed by atoms with Crippen molar-refractivity contribution in [2.24, 2.45) is 5.73 Å². The van der Waals surface area contributed by atoms with E-state index in [9.17, 15) is 13.2 Å². The summed E-state index contributed by atoms with van der Waals surface area (Å²) in [5, 5.41) is 8.58. The van der Waals surface area contributed by atoms with Gasteiger partial charge in [0, 0.05) is 0 Å². The standard InChI is InChI=1S/C11H15NO5S/c1-17-9-4-2-3-8(5-9)6-18(15,16)7-10(12)11(13)14/h2-5,10H,6-7,12H2,1H3,(H,13,14). The van der Waals surface area contributed by atoms with Crippen molar-refractivity contribution >= 4 is 15.8 Å². The quantitative estimate of drug-likeness (QED) is 0.756. The summed E-state index contributed by atoms with van der Waals surface area (Å²) < 4.78 is 28.4. The van der Waals surface area contributed by atoms with Gasteiger partial charge in [0.1, 0.15) is 11.8 Å². The first-order valence-electron chi connectivity index (χ1n) is 5.16. The molecule has 0 aliphatic heterocycles. The third-order valence-corrected chi connectivity index (χ3v) is 3.91. The number of rotatable bonds is 6. The zero-order chi connectivity index (χ0) is 13.8. The Morgan fingerprint density at radius 3 is 2.72 bits per heavy atom. The minimum absolute atomic E-state index is 0.259. The maximum absolute atomic E-state index is 11.7. The third kappa shape index (κ3) is 4.34. The second-order valence-corrected chi connectivity index (χ2v) is 5.96. The highest BCUT2D eigenvalue weighted by atomic mass is 32.2. The Bertz CT molecular complexity index is 526. The van der Waals surface area contributed by atoms with Gasteiger partial charge in [0.25, 0.3) is 0 Å². The van der Waals surface area contributed by atoms with Gasteiger partial charge < -0.3 is 15.6 Å². The fraction of sp³-hybridized carbons (Fsp3) is 0.364. The molecule has 1 unspecified atom stereocenters. The van der Waals surface area contributed by atoms with Gasteiger partial charge in [0.05, 0.1) is 18.6 Å². The first-order chi connectivity index (χ1) is 8.34. The van der Waals surface area contributed by atoms with Gasteiger partial charge in [0.2, 0.25) is 0 Å². The Hall–Kier alpha value is -1.60. The van der Waals surface area contributed by atoms with Crippen LogP contribution in [0.1, 0.15) is 5.56 Å². The van der Waals surface area contributed by atoms with E-state index in [1.807, 2.05) is 0 Å². The van der Waals surface area contributed by atoms with E-state index >= 15 is 0 Å². The van der Waals surface area contributed by atoms with Crippen LogP contribution in [0.5, 0.6) is 5.75 Å². The monoisotopic (exact) mass is 273 g/mol. The number of hydrogen-bond donors (Lipinski definition) is 2. The van der Waals surface area contributed by atoms with Crippen molar-refractivity contribution in [3.63, 3.8) is 0 Å². The second kappa shape index (κ2) is 5.83. The molecule has 0 aliphatic carbocycles. The van der Waals surface area contributed by atoms with Gasteiger partial charge >= 0.3 is 5.97 Å². The van der Waals surface area contributed by atoms with Crippen LogP contribution in [0.15, 0.2) is 24.3 Å². The molecule has 0 aliphatic rings. The Balaban J connectivity index is 2.79. The number of sulfone groups is 1. The molecule has 0 saturated heterocycles. The first kappa shape index (κ1) is 14.5. The number of carbonyl (C=O) groups is 1. The number of carboxylic acid groups (broad SMARTS) is 1. The molecule has 0 saturated carbocycles. The van der Waals surface area contributed by atoms with Gasteiger partial charge in [-0.1, -0.05) is 12.1 Å². The van der Waals surface area contributed by atoms with E-state index in [1.165, 1.54) is 7.11 Å². The second-order valence-electron chi connectivity index (χ2n) is 3.85. The molecule has 7 heteroatoms. The SMILES string of the molecule is COc1cccc(CS(=O)(=O)CC(N)C(=O)O)c1. The molecule has 1 atom stereocenters. The summed E-state index contributed by atoms with van der Waals surface area (Å²) in [5.41, 5.74) is 5.74. The van der Waals surface area contributed by atoms with Crippen molar-refractivity contribution < 1.29 is 23.1 Å². The highest BCUT2D eigenvalue weighted by Gasteiger charge is 2.21. The van der Waals surface area contributed by atoms with E-state index in [2.05, 4.69) is 0 Å². The zero-order valence-corrected chi connectivity index (χ0v) is 10.7. The molecular formula is C11H15NO5S. The van der Waals surface area contributed by atoms with Gasteiger partial charge in [-0.15, -0.1) is 0 Å². The predicted molar refractivity (Wildman–Crippen MR) is 66.1 cm³/mol. The molecule has 0 amide bonds. The molecule has 1 aromatic carbocycles. The van der Waals surface area contributed by atoms with Gasteiger partial charge in [-0.2, -0.15) is 0 Å². The van der Waals surface area contributed by atoms with Crippen LogP contribution in [-0.4, -0.2) is 38.4 Å². The lowest BCUT2D eigenvalue weighted by Gasteiger charge is -2.08. The van der Waals surface area contributed by atoms with Crippen molar-refractivity contribution in [3.05, 3.63) is 29.8 Å². The lowest BCUT2D eigenvalue weighted by molar-refractivity contribution is -0.137. The van der Waals surface area contributed by atoms with E-state index in [1.54, 1.807) is 24.3 Å². The number of carboxylic acids is 1. The average molecular weight is 273 g/mol. The van der Waals surface area contributed by atoms with E-state index < -0.39 is 27.6 Å². The highest BCUT2D eigenvalue weighted by molar-refractivity contribution is 7.90. The van der Waals surface area contributed by atoms with Crippen LogP contribution in [-0.2, 0) is 20.4 Å². The van der Waals surface area contributed by atoms with Gasteiger partial charge in [0.15, 0.2) is 9.84 Å². The third-order valence-electron chi connectivity index (χ3n) is 2.27. The fourth-order valence-corrected chi connectivity index (χ4v) is 2.91.